The summed E-state index contributed by atoms with van der Waals surface area (Å²) in [6.45, 7) is 1.47. The number of furan rings is 1. The maximum absolute atomic E-state index is 13.8. The number of sulfonamides is 1. The standard InChI is InChI=1S/C20H18FN3O5S/c1-13(22-20(26)18-10-5-11-29-18)19(25)23-14-6-4-7-15(12-14)30(27,28)24-17-9-3-2-8-16(17)21/h2-13,24H,1H3,(H,22,26)(H,23,25). The quantitative estimate of drug-likeness (QED) is 0.532. The number of nitrogens with one attached hydrogen (secondary N) is 3. The highest BCUT2D eigenvalue weighted by Crippen LogP contribution is 2.21. The van der Waals surface area contributed by atoms with Gasteiger partial charge in [0.25, 0.3) is 15.9 Å². The molecule has 0 spiro atoms. The predicted octanol–water partition coefficient (Wildman–Crippen LogP) is 2.98. The fourth-order valence-electron chi connectivity index (χ4n) is 2.48. The molecule has 3 rings (SSSR count). The van der Waals surface area contributed by atoms with Gasteiger partial charge in [-0.15, -0.1) is 0 Å². The van der Waals surface area contributed by atoms with Crippen molar-refractivity contribution in [2.75, 3.05) is 10.0 Å². The number of carbonyl (C=O) groups is 2. The third-order valence-electron chi connectivity index (χ3n) is 4.02. The highest BCUT2D eigenvalue weighted by atomic mass is 32.2. The minimum Gasteiger partial charge on any atom is -0.459 e. The number of carbonyl (C=O) groups excluding carboxylic acids is 2. The summed E-state index contributed by atoms with van der Waals surface area (Å²) in [5.74, 6) is -1.78. The van der Waals surface area contributed by atoms with Crippen LogP contribution in [0.2, 0.25) is 0 Å². The van der Waals surface area contributed by atoms with Crippen molar-refractivity contribution in [3.05, 3.63) is 78.5 Å². The highest BCUT2D eigenvalue weighted by molar-refractivity contribution is 7.92. The summed E-state index contributed by atoms with van der Waals surface area (Å²) < 4.78 is 46.0. The van der Waals surface area contributed by atoms with Crippen molar-refractivity contribution < 1.29 is 26.8 Å². The number of benzene rings is 2. The number of halogens is 1. The van der Waals surface area contributed by atoms with Gasteiger partial charge in [-0.1, -0.05) is 18.2 Å². The van der Waals surface area contributed by atoms with Crippen LogP contribution in [0.25, 0.3) is 0 Å². The van der Waals surface area contributed by atoms with Gasteiger partial charge in [-0.25, -0.2) is 12.8 Å². The normalized spacial score (nSPS) is 12.1. The lowest BCUT2D eigenvalue weighted by Crippen LogP contribution is -2.41. The van der Waals surface area contributed by atoms with Crippen LogP contribution < -0.4 is 15.4 Å². The van der Waals surface area contributed by atoms with Crippen molar-refractivity contribution in [3.63, 3.8) is 0 Å². The molecule has 0 aliphatic heterocycles. The monoisotopic (exact) mass is 431 g/mol. The Bertz CT molecular complexity index is 1160. The average Bonchev–Trinajstić information content (AvgIpc) is 3.25. The third-order valence-corrected chi connectivity index (χ3v) is 5.38. The van der Waals surface area contributed by atoms with Crippen molar-refractivity contribution in [3.8, 4) is 0 Å². The smallest absolute Gasteiger partial charge is 0.287 e. The zero-order chi connectivity index (χ0) is 21.7. The molecule has 0 saturated heterocycles. The van der Waals surface area contributed by atoms with E-state index in [1.165, 1.54) is 61.7 Å². The zero-order valence-electron chi connectivity index (χ0n) is 15.8. The molecular formula is C20H18FN3O5S. The van der Waals surface area contributed by atoms with E-state index in [2.05, 4.69) is 15.4 Å². The lowest BCUT2D eigenvalue weighted by Gasteiger charge is -2.14. The predicted molar refractivity (Wildman–Crippen MR) is 108 cm³/mol. The van der Waals surface area contributed by atoms with Gasteiger partial charge in [0.2, 0.25) is 5.91 Å². The summed E-state index contributed by atoms with van der Waals surface area (Å²) in [5, 5.41) is 5.00. The summed E-state index contributed by atoms with van der Waals surface area (Å²) in [4.78, 5) is 24.1. The van der Waals surface area contributed by atoms with Crippen molar-refractivity contribution in [2.24, 2.45) is 0 Å². The number of hydrogen-bond donors (Lipinski definition) is 3. The summed E-state index contributed by atoms with van der Waals surface area (Å²) >= 11 is 0. The van der Waals surface area contributed by atoms with Crippen LogP contribution in [0.3, 0.4) is 0 Å². The molecule has 1 heterocycles. The third kappa shape index (κ3) is 5.03. The summed E-state index contributed by atoms with van der Waals surface area (Å²) in [6, 6.07) is 12.9. The molecular weight excluding hydrogens is 413 g/mol. The van der Waals surface area contributed by atoms with E-state index < -0.39 is 33.7 Å². The first-order valence-electron chi connectivity index (χ1n) is 8.79. The Kier molecular flexibility index (Phi) is 6.17. The van der Waals surface area contributed by atoms with E-state index in [1.54, 1.807) is 6.07 Å². The molecule has 2 aromatic carbocycles. The Morgan fingerprint density at radius 2 is 1.80 bits per heavy atom. The van der Waals surface area contributed by atoms with E-state index in [4.69, 9.17) is 4.42 Å². The Labute approximate surface area is 172 Å². The van der Waals surface area contributed by atoms with E-state index in [9.17, 15) is 22.4 Å². The van der Waals surface area contributed by atoms with Gasteiger partial charge in [-0.2, -0.15) is 0 Å². The summed E-state index contributed by atoms with van der Waals surface area (Å²) in [5.41, 5.74) is -0.00305. The van der Waals surface area contributed by atoms with E-state index in [0.29, 0.717) is 0 Å². The topological polar surface area (TPSA) is 118 Å². The zero-order valence-corrected chi connectivity index (χ0v) is 16.6. The van der Waals surface area contributed by atoms with Crippen LogP contribution in [0.15, 0.2) is 76.2 Å². The van der Waals surface area contributed by atoms with Crippen molar-refractivity contribution in [2.45, 2.75) is 17.9 Å². The van der Waals surface area contributed by atoms with Gasteiger partial charge in [-0.3, -0.25) is 14.3 Å². The Morgan fingerprint density at radius 1 is 1.03 bits per heavy atom. The molecule has 3 N–H and O–H groups in total. The number of para-hydroxylation sites is 1. The molecule has 2 amide bonds. The molecule has 1 unspecified atom stereocenters. The van der Waals surface area contributed by atoms with Crippen molar-refractivity contribution in [1.82, 2.24) is 5.32 Å². The van der Waals surface area contributed by atoms with Gasteiger partial charge in [0.1, 0.15) is 11.9 Å². The van der Waals surface area contributed by atoms with Crippen LogP contribution >= 0.6 is 0 Å². The molecule has 0 aliphatic carbocycles. The molecule has 8 nitrogen and oxygen atoms in total. The summed E-state index contributed by atoms with van der Waals surface area (Å²) in [7, 11) is -4.09. The van der Waals surface area contributed by atoms with Gasteiger partial charge in [0.05, 0.1) is 16.8 Å². The van der Waals surface area contributed by atoms with Gasteiger partial charge in [0.15, 0.2) is 5.76 Å². The molecule has 156 valence electrons. The molecule has 0 saturated carbocycles. The minimum atomic E-state index is -4.09. The van der Waals surface area contributed by atoms with Gasteiger partial charge in [0, 0.05) is 5.69 Å². The van der Waals surface area contributed by atoms with E-state index in [-0.39, 0.29) is 22.0 Å². The molecule has 1 atom stereocenters. The van der Waals surface area contributed by atoms with Crippen molar-refractivity contribution in [1.29, 1.82) is 0 Å². The number of hydrogen-bond acceptors (Lipinski definition) is 5. The molecule has 1 aromatic heterocycles. The van der Waals surface area contributed by atoms with E-state index in [1.807, 2.05) is 0 Å². The molecule has 0 bridgehead atoms. The molecule has 0 aliphatic rings. The fraction of sp³-hybridized carbons (Fsp3) is 0.100. The lowest BCUT2D eigenvalue weighted by atomic mass is 10.2. The van der Waals surface area contributed by atoms with Crippen LogP contribution in [0, 0.1) is 5.82 Å². The van der Waals surface area contributed by atoms with Crippen LogP contribution in [0.4, 0.5) is 15.8 Å². The first-order chi connectivity index (χ1) is 14.3. The Hall–Kier alpha value is -3.66. The summed E-state index contributed by atoms with van der Waals surface area (Å²) in [6.07, 6.45) is 1.33. The van der Waals surface area contributed by atoms with Crippen molar-refractivity contribution >= 4 is 33.2 Å². The number of amides is 2. The molecule has 3 aromatic rings. The second kappa shape index (κ2) is 8.78. The highest BCUT2D eigenvalue weighted by Gasteiger charge is 2.20. The van der Waals surface area contributed by atoms with Crippen LogP contribution in [0.1, 0.15) is 17.5 Å². The van der Waals surface area contributed by atoms with E-state index in [0.717, 1.165) is 6.07 Å². The Balaban J connectivity index is 1.69. The van der Waals surface area contributed by atoms with Gasteiger partial charge >= 0.3 is 0 Å². The number of rotatable bonds is 7. The van der Waals surface area contributed by atoms with Gasteiger partial charge in [-0.05, 0) is 49.4 Å². The number of anilines is 2. The maximum atomic E-state index is 13.8. The van der Waals surface area contributed by atoms with Crippen LogP contribution in [-0.2, 0) is 14.8 Å². The first kappa shape index (κ1) is 21.1. The Morgan fingerprint density at radius 3 is 2.50 bits per heavy atom. The SMILES string of the molecule is CC(NC(=O)c1ccco1)C(=O)Nc1cccc(S(=O)(=O)Nc2ccccc2F)c1. The molecule has 10 heteroatoms. The van der Waals surface area contributed by atoms with Crippen LogP contribution in [-0.4, -0.2) is 26.3 Å². The largest absolute Gasteiger partial charge is 0.459 e. The second-order valence-electron chi connectivity index (χ2n) is 6.27. The van der Waals surface area contributed by atoms with E-state index >= 15 is 0 Å². The molecule has 0 fully saturated rings. The maximum Gasteiger partial charge on any atom is 0.287 e. The lowest BCUT2D eigenvalue weighted by molar-refractivity contribution is -0.117. The molecule has 30 heavy (non-hydrogen) atoms. The average molecular weight is 431 g/mol. The first-order valence-corrected chi connectivity index (χ1v) is 10.3. The van der Waals surface area contributed by atoms with Crippen LogP contribution in [0.5, 0.6) is 0 Å². The van der Waals surface area contributed by atoms with Gasteiger partial charge < -0.3 is 15.1 Å². The minimum absolute atomic E-state index is 0.0574. The fourth-order valence-corrected chi connectivity index (χ4v) is 3.59. The second-order valence-corrected chi connectivity index (χ2v) is 7.96. The molecule has 0 radical (unpaired) electrons.